The summed E-state index contributed by atoms with van der Waals surface area (Å²) in [5, 5.41) is 0. The van der Waals surface area contributed by atoms with Crippen molar-refractivity contribution < 1.29 is 33.2 Å². The van der Waals surface area contributed by atoms with Gasteiger partial charge in [0, 0.05) is 7.11 Å². The van der Waals surface area contributed by atoms with Gasteiger partial charge in [-0.2, -0.15) is 0 Å². The van der Waals surface area contributed by atoms with E-state index in [-0.39, 0.29) is 19.8 Å². The predicted octanol–water partition coefficient (Wildman–Crippen LogP) is 5.86. The zero-order valence-corrected chi connectivity index (χ0v) is 23.6. The Morgan fingerprint density at radius 1 is 0.548 bits per heavy atom. The number of benzene rings is 4. The van der Waals surface area contributed by atoms with Gasteiger partial charge >= 0.3 is 5.97 Å². The van der Waals surface area contributed by atoms with E-state index < -0.39 is 36.7 Å². The Bertz CT molecular complexity index is 1340. The maximum Gasteiger partial charge on any atom is 0.338 e. The molecule has 42 heavy (non-hydrogen) atoms. The highest BCUT2D eigenvalue weighted by molar-refractivity contribution is 5.76. The summed E-state index contributed by atoms with van der Waals surface area (Å²) < 4.78 is 37.1. The number of rotatable bonds is 13. The summed E-state index contributed by atoms with van der Waals surface area (Å²) in [6.45, 7) is 0.927. The Morgan fingerprint density at radius 3 is 1.36 bits per heavy atom. The minimum absolute atomic E-state index is 0.103. The Balaban J connectivity index is 1.42. The van der Waals surface area contributed by atoms with Crippen LogP contribution < -0.4 is 0 Å². The molecule has 7 heteroatoms. The van der Waals surface area contributed by atoms with E-state index in [0.717, 1.165) is 22.3 Å². The molecule has 0 saturated carbocycles. The van der Waals surface area contributed by atoms with Crippen LogP contribution in [0.2, 0.25) is 0 Å². The van der Waals surface area contributed by atoms with Gasteiger partial charge in [0.2, 0.25) is 0 Å². The van der Waals surface area contributed by atoms with E-state index in [9.17, 15) is 4.79 Å². The number of carbonyl (C=O) groups excluding carboxylic acids is 1. The molecule has 1 aliphatic rings. The van der Waals surface area contributed by atoms with E-state index in [4.69, 9.17) is 28.4 Å². The summed E-state index contributed by atoms with van der Waals surface area (Å²) in [6.07, 6.45) is -4.27. The number of hydrogen-bond donors (Lipinski definition) is 0. The molecule has 1 saturated heterocycles. The molecular formula is C35H36O7. The summed E-state index contributed by atoms with van der Waals surface area (Å²) in [4.78, 5) is 13.6. The Hall–Kier alpha value is -3.85. The first kappa shape index (κ1) is 29.6. The smallest absolute Gasteiger partial charge is 0.338 e. The molecule has 4 aromatic rings. The average Bonchev–Trinajstić information content (AvgIpc) is 3.06. The fraction of sp³-hybridized carbons (Fsp3) is 0.286. The van der Waals surface area contributed by atoms with Crippen LogP contribution in [-0.2, 0) is 59.6 Å². The molecule has 0 amide bonds. The minimum atomic E-state index is -1.11. The van der Waals surface area contributed by atoms with Gasteiger partial charge in [0.25, 0.3) is 0 Å². The molecule has 0 N–H and O–H groups in total. The fourth-order valence-electron chi connectivity index (χ4n) is 4.85. The van der Waals surface area contributed by atoms with Crippen LogP contribution in [0.25, 0.3) is 0 Å². The largest absolute Gasteiger partial charge is 0.459 e. The van der Waals surface area contributed by atoms with Crippen LogP contribution in [0.3, 0.4) is 0 Å². The van der Waals surface area contributed by atoms with Crippen LogP contribution in [0.5, 0.6) is 0 Å². The lowest BCUT2D eigenvalue weighted by molar-refractivity contribution is -0.315. The molecule has 1 fully saturated rings. The molecule has 218 valence electrons. The second-order valence-electron chi connectivity index (χ2n) is 10.0. The van der Waals surface area contributed by atoms with Gasteiger partial charge in [0.15, 0.2) is 12.4 Å². The van der Waals surface area contributed by atoms with Crippen molar-refractivity contribution in [2.24, 2.45) is 0 Å². The zero-order chi connectivity index (χ0) is 29.0. The van der Waals surface area contributed by atoms with E-state index in [1.807, 2.05) is 121 Å². The second kappa shape index (κ2) is 15.4. The number of hydrogen-bond acceptors (Lipinski definition) is 7. The SMILES string of the molecule is CO[C@H]1O[C@H](C(=O)OCc2ccccc2)[C@H](OCc2ccccc2)[C@@H](OCc2ccccc2)[C@@H]1OCc1ccccc1. The minimum Gasteiger partial charge on any atom is -0.459 e. The quantitative estimate of drug-likeness (QED) is 0.187. The number of esters is 1. The molecular weight excluding hydrogens is 532 g/mol. The van der Waals surface area contributed by atoms with Gasteiger partial charge in [-0.3, -0.25) is 0 Å². The molecule has 0 radical (unpaired) electrons. The van der Waals surface area contributed by atoms with Crippen molar-refractivity contribution in [3.8, 4) is 0 Å². The van der Waals surface area contributed by atoms with Crippen molar-refractivity contribution >= 4 is 5.97 Å². The van der Waals surface area contributed by atoms with E-state index in [2.05, 4.69) is 0 Å². The first-order valence-corrected chi connectivity index (χ1v) is 14.1. The molecule has 5 atom stereocenters. The highest BCUT2D eigenvalue weighted by Gasteiger charge is 2.52. The summed E-state index contributed by atoms with van der Waals surface area (Å²) in [7, 11) is 1.52. The van der Waals surface area contributed by atoms with Gasteiger partial charge in [-0.25, -0.2) is 4.79 Å². The third kappa shape index (κ3) is 8.12. The highest BCUT2D eigenvalue weighted by atomic mass is 16.7. The van der Waals surface area contributed by atoms with E-state index in [0.29, 0.717) is 6.61 Å². The molecule has 0 unspecified atom stereocenters. The molecule has 0 bridgehead atoms. The number of ether oxygens (including phenoxy) is 6. The first-order valence-electron chi connectivity index (χ1n) is 14.1. The maximum absolute atomic E-state index is 13.6. The normalized spacial score (nSPS) is 22.0. The summed E-state index contributed by atoms with van der Waals surface area (Å²) >= 11 is 0. The van der Waals surface area contributed by atoms with Gasteiger partial charge in [0.1, 0.15) is 24.9 Å². The maximum atomic E-state index is 13.6. The summed E-state index contributed by atoms with van der Waals surface area (Å²) in [5.74, 6) is -0.561. The van der Waals surface area contributed by atoms with Crippen molar-refractivity contribution in [3.63, 3.8) is 0 Å². The van der Waals surface area contributed by atoms with Crippen molar-refractivity contribution in [2.75, 3.05) is 7.11 Å². The van der Waals surface area contributed by atoms with Crippen LogP contribution in [0.4, 0.5) is 0 Å². The molecule has 1 aliphatic heterocycles. The van der Waals surface area contributed by atoms with Crippen LogP contribution in [-0.4, -0.2) is 43.8 Å². The van der Waals surface area contributed by atoms with Crippen LogP contribution in [0, 0.1) is 0 Å². The van der Waals surface area contributed by atoms with E-state index in [1.165, 1.54) is 7.11 Å². The highest BCUT2D eigenvalue weighted by Crippen LogP contribution is 2.31. The monoisotopic (exact) mass is 568 g/mol. The molecule has 0 aliphatic carbocycles. The van der Waals surface area contributed by atoms with Gasteiger partial charge < -0.3 is 28.4 Å². The molecule has 5 rings (SSSR count). The van der Waals surface area contributed by atoms with Crippen LogP contribution in [0.1, 0.15) is 22.3 Å². The van der Waals surface area contributed by atoms with Gasteiger partial charge in [-0.15, -0.1) is 0 Å². The van der Waals surface area contributed by atoms with Crippen molar-refractivity contribution in [2.45, 2.75) is 57.1 Å². The van der Waals surface area contributed by atoms with Gasteiger partial charge in [-0.05, 0) is 22.3 Å². The Morgan fingerprint density at radius 2 is 0.929 bits per heavy atom. The van der Waals surface area contributed by atoms with Crippen molar-refractivity contribution in [3.05, 3.63) is 144 Å². The van der Waals surface area contributed by atoms with E-state index >= 15 is 0 Å². The fourth-order valence-corrected chi connectivity index (χ4v) is 4.85. The standard InChI is InChI=1S/C35H36O7/c1-37-35-33(40-24-28-18-10-4-11-19-28)31(39-23-27-16-8-3-9-17-27)30(38-22-26-14-6-2-7-15-26)32(42-35)34(36)41-25-29-20-12-5-13-21-29/h2-21,30-33,35H,22-25H2,1H3/t30-,31-,32+,33+,35+/m1/s1. The molecule has 0 aromatic heterocycles. The number of carbonyl (C=O) groups is 1. The zero-order valence-electron chi connectivity index (χ0n) is 23.6. The summed E-state index contributed by atoms with van der Waals surface area (Å²) in [6, 6.07) is 38.9. The van der Waals surface area contributed by atoms with Crippen LogP contribution >= 0.6 is 0 Å². The van der Waals surface area contributed by atoms with Crippen LogP contribution in [0.15, 0.2) is 121 Å². The lowest BCUT2D eigenvalue weighted by atomic mass is 9.97. The molecule has 0 spiro atoms. The first-order chi connectivity index (χ1) is 20.7. The van der Waals surface area contributed by atoms with Gasteiger partial charge in [0.05, 0.1) is 19.8 Å². The Labute approximate surface area is 246 Å². The third-order valence-corrected chi connectivity index (χ3v) is 7.04. The molecule has 7 nitrogen and oxygen atoms in total. The van der Waals surface area contributed by atoms with Gasteiger partial charge in [-0.1, -0.05) is 121 Å². The van der Waals surface area contributed by atoms with Crippen molar-refractivity contribution in [1.82, 2.24) is 0 Å². The molecule has 4 aromatic carbocycles. The lowest BCUT2D eigenvalue weighted by Gasteiger charge is -2.44. The summed E-state index contributed by atoms with van der Waals surface area (Å²) in [5.41, 5.74) is 3.78. The predicted molar refractivity (Wildman–Crippen MR) is 157 cm³/mol. The average molecular weight is 569 g/mol. The number of methoxy groups -OCH3 is 1. The lowest BCUT2D eigenvalue weighted by Crippen LogP contribution is -2.62. The third-order valence-electron chi connectivity index (χ3n) is 7.04. The molecule has 1 heterocycles. The Kier molecular flexibility index (Phi) is 10.9. The topological polar surface area (TPSA) is 72.5 Å². The second-order valence-corrected chi connectivity index (χ2v) is 10.0. The van der Waals surface area contributed by atoms with E-state index in [1.54, 1.807) is 0 Å². The van der Waals surface area contributed by atoms with Crippen molar-refractivity contribution in [1.29, 1.82) is 0 Å².